The summed E-state index contributed by atoms with van der Waals surface area (Å²) >= 11 is 0. The molecule has 0 aromatic heterocycles. The first kappa shape index (κ1) is 18.6. The van der Waals surface area contributed by atoms with Gasteiger partial charge < -0.3 is 18.9 Å². The van der Waals surface area contributed by atoms with Crippen molar-refractivity contribution in [1.82, 2.24) is 0 Å². The van der Waals surface area contributed by atoms with Gasteiger partial charge in [-0.2, -0.15) is 0 Å². The maximum absolute atomic E-state index is 11.8. The Balaban J connectivity index is 2.49. The summed E-state index contributed by atoms with van der Waals surface area (Å²) in [6.07, 6.45) is 0.826. The first-order chi connectivity index (χ1) is 13.1. The highest BCUT2D eigenvalue weighted by Crippen LogP contribution is 2.48. The number of fused-ring (bicyclic) bond motifs is 1. The van der Waals surface area contributed by atoms with Gasteiger partial charge in [-0.1, -0.05) is 12.1 Å². The second-order valence-corrected chi connectivity index (χ2v) is 6.09. The van der Waals surface area contributed by atoms with Gasteiger partial charge in [0.1, 0.15) is 23.0 Å². The van der Waals surface area contributed by atoms with Gasteiger partial charge in [-0.15, -0.1) is 0 Å². The fourth-order valence-corrected chi connectivity index (χ4v) is 3.45. The first-order valence-corrected chi connectivity index (χ1v) is 8.45. The maximum Gasteiger partial charge on any atom is 0.150 e. The van der Waals surface area contributed by atoms with Crippen molar-refractivity contribution in [3.63, 3.8) is 0 Å². The van der Waals surface area contributed by atoms with Crippen LogP contribution < -0.4 is 18.9 Å². The second-order valence-electron chi connectivity index (χ2n) is 6.09. The Labute approximate surface area is 158 Å². The molecular formula is C22H22O5. The van der Waals surface area contributed by atoms with E-state index in [1.165, 1.54) is 0 Å². The number of ether oxygens (including phenoxy) is 4. The maximum atomic E-state index is 11.8. The van der Waals surface area contributed by atoms with Gasteiger partial charge in [0, 0.05) is 22.1 Å². The molecule has 5 nitrogen and oxygen atoms in total. The van der Waals surface area contributed by atoms with Crippen LogP contribution in [0.1, 0.15) is 15.9 Å². The van der Waals surface area contributed by atoms with Crippen molar-refractivity contribution < 1.29 is 23.7 Å². The third kappa shape index (κ3) is 3.05. The molecule has 0 saturated heterocycles. The fourth-order valence-electron chi connectivity index (χ4n) is 3.45. The molecule has 3 rings (SSSR count). The lowest BCUT2D eigenvalue weighted by Gasteiger charge is -2.19. The molecule has 0 aliphatic heterocycles. The van der Waals surface area contributed by atoms with Gasteiger partial charge in [-0.05, 0) is 36.8 Å². The van der Waals surface area contributed by atoms with Gasteiger partial charge in [-0.3, -0.25) is 4.79 Å². The largest absolute Gasteiger partial charge is 0.496 e. The molecule has 0 radical (unpaired) electrons. The normalized spacial score (nSPS) is 10.6. The molecule has 0 heterocycles. The summed E-state index contributed by atoms with van der Waals surface area (Å²) in [5.74, 6) is 2.52. The average molecular weight is 366 g/mol. The zero-order chi connectivity index (χ0) is 19.6. The van der Waals surface area contributed by atoms with Crippen LogP contribution >= 0.6 is 0 Å². The SMILES string of the molecule is COc1cc(C)cc(C=O)c1-c1cc(OC)c2c(OC)cccc2c1OC. The Morgan fingerprint density at radius 1 is 0.815 bits per heavy atom. The predicted octanol–water partition coefficient (Wildman–Crippen LogP) is 4.66. The highest BCUT2D eigenvalue weighted by atomic mass is 16.5. The van der Waals surface area contributed by atoms with Crippen LogP contribution in [0.2, 0.25) is 0 Å². The molecule has 0 bridgehead atoms. The van der Waals surface area contributed by atoms with Crippen LogP contribution in [0.4, 0.5) is 0 Å². The summed E-state index contributed by atoms with van der Waals surface area (Å²) in [7, 11) is 6.40. The number of carbonyl (C=O) groups is 1. The van der Waals surface area contributed by atoms with Crippen LogP contribution in [-0.2, 0) is 0 Å². The van der Waals surface area contributed by atoms with E-state index in [1.54, 1.807) is 28.4 Å². The summed E-state index contributed by atoms with van der Waals surface area (Å²) in [5, 5.41) is 1.63. The van der Waals surface area contributed by atoms with E-state index in [0.29, 0.717) is 39.7 Å². The Hall–Kier alpha value is -3.21. The summed E-state index contributed by atoms with van der Waals surface area (Å²) in [4.78, 5) is 11.8. The third-order valence-electron chi connectivity index (χ3n) is 4.57. The van der Waals surface area contributed by atoms with Crippen LogP contribution in [0.25, 0.3) is 21.9 Å². The van der Waals surface area contributed by atoms with E-state index >= 15 is 0 Å². The van der Waals surface area contributed by atoms with Crippen LogP contribution in [0.5, 0.6) is 23.0 Å². The summed E-state index contributed by atoms with van der Waals surface area (Å²) in [5.41, 5.74) is 2.84. The van der Waals surface area contributed by atoms with Gasteiger partial charge in [0.05, 0.1) is 33.8 Å². The smallest absolute Gasteiger partial charge is 0.150 e. The van der Waals surface area contributed by atoms with Gasteiger partial charge >= 0.3 is 0 Å². The van der Waals surface area contributed by atoms with Crippen molar-refractivity contribution in [1.29, 1.82) is 0 Å². The van der Waals surface area contributed by atoms with Crippen molar-refractivity contribution >= 4 is 17.1 Å². The third-order valence-corrected chi connectivity index (χ3v) is 4.57. The molecule has 0 spiro atoms. The number of benzene rings is 3. The Bertz CT molecular complexity index is 1010. The van der Waals surface area contributed by atoms with Crippen LogP contribution in [0.3, 0.4) is 0 Å². The second kappa shape index (κ2) is 7.58. The Kier molecular flexibility index (Phi) is 5.21. The molecule has 0 unspecified atom stereocenters. The number of carbonyl (C=O) groups excluding carboxylic acids is 1. The van der Waals surface area contributed by atoms with Crippen molar-refractivity contribution in [2.75, 3.05) is 28.4 Å². The minimum absolute atomic E-state index is 0.523. The molecular weight excluding hydrogens is 344 g/mol. The van der Waals surface area contributed by atoms with E-state index in [4.69, 9.17) is 18.9 Å². The van der Waals surface area contributed by atoms with Gasteiger partial charge in [0.25, 0.3) is 0 Å². The van der Waals surface area contributed by atoms with Crippen LogP contribution in [-0.4, -0.2) is 34.7 Å². The van der Waals surface area contributed by atoms with Crippen LogP contribution in [0, 0.1) is 6.92 Å². The number of aryl methyl sites for hydroxylation is 1. The molecule has 3 aromatic rings. The van der Waals surface area contributed by atoms with E-state index in [1.807, 2.05) is 43.3 Å². The van der Waals surface area contributed by atoms with E-state index < -0.39 is 0 Å². The van der Waals surface area contributed by atoms with Gasteiger partial charge in [0.15, 0.2) is 6.29 Å². The number of methoxy groups -OCH3 is 4. The van der Waals surface area contributed by atoms with Crippen molar-refractivity contribution in [3.05, 3.63) is 47.5 Å². The Morgan fingerprint density at radius 3 is 2.11 bits per heavy atom. The van der Waals surface area contributed by atoms with Crippen molar-refractivity contribution in [2.45, 2.75) is 6.92 Å². The lowest BCUT2D eigenvalue weighted by atomic mass is 9.93. The first-order valence-electron chi connectivity index (χ1n) is 8.45. The molecule has 0 fully saturated rings. The molecule has 0 saturated carbocycles. The molecule has 0 aliphatic rings. The summed E-state index contributed by atoms with van der Waals surface area (Å²) in [6.45, 7) is 1.92. The standard InChI is InChI=1S/C22H22O5/c1-13-9-14(12-23)20(18(10-13)25-3)16-11-19(26-4)21-15(22(16)27-5)7-6-8-17(21)24-2/h6-12H,1-5H3. The number of hydrogen-bond acceptors (Lipinski definition) is 5. The van der Waals surface area contributed by atoms with Crippen molar-refractivity contribution in [3.8, 4) is 34.1 Å². The van der Waals surface area contributed by atoms with Gasteiger partial charge in [-0.25, -0.2) is 0 Å². The lowest BCUT2D eigenvalue weighted by Crippen LogP contribution is -2.00. The minimum atomic E-state index is 0.523. The van der Waals surface area contributed by atoms with Gasteiger partial charge in [0.2, 0.25) is 0 Å². The summed E-state index contributed by atoms with van der Waals surface area (Å²) < 4.78 is 22.5. The average Bonchev–Trinajstić information content (AvgIpc) is 2.71. The summed E-state index contributed by atoms with van der Waals surface area (Å²) in [6, 6.07) is 11.3. The molecule has 0 amide bonds. The number of rotatable bonds is 6. The quantitative estimate of drug-likeness (QED) is 0.594. The molecule has 0 atom stereocenters. The molecule has 5 heteroatoms. The monoisotopic (exact) mass is 366 g/mol. The highest BCUT2D eigenvalue weighted by Gasteiger charge is 2.22. The number of hydrogen-bond donors (Lipinski definition) is 0. The molecule has 0 N–H and O–H groups in total. The topological polar surface area (TPSA) is 54.0 Å². The molecule has 140 valence electrons. The van der Waals surface area contributed by atoms with E-state index in [2.05, 4.69) is 0 Å². The molecule has 0 aliphatic carbocycles. The molecule has 3 aromatic carbocycles. The van der Waals surface area contributed by atoms with E-state index in [9.17, 15) is 4.79 Å². The zero-order valence-corrected chi connectivity index (χ0v) is 16.1. The Morgan fingerprint density at radius 2 is 1.52 bits per heavy atom. The van der Waals surface area contributed by atoms with Crippen molar-refractivity contribution in [2.24, 2.45) is 0 Å². The zero-order valence-electron chi connectivity index (χ0n) is 16.1. The molecule has 27 heavy (non-hydrogen) atoms. The van der Waals surface area contributed by atoms with Crippen LogP contribution in [0.15, 0.2) is 36.4 Å². The van der Waals surface area contributed by atoms with E-state index in [0.717, 1.165) is 22.6 Å². The van der Waals surface area contributed by atoms with E-state index in [-0.39, 0.29) is 0 Å². The number of aldehydes is 1. The fraction of sp³-hybridized carbons (Fsp3) is 0.227. The lowest BCUT2D eigenvalue weighted by molar-refractivity contribution is 0.112. The minimum Gasteiger partial charge on any atom is -0.496 e. The predicted molar refractivity (Wildman–Crippen MR) is 106 cm³/mol. The highest BCUT2D eigenvalue weighted by molar-refractivity contribution is 6.05.